The molecule has 0 unspecified atom stereocenters. The van der Waals surface area contributed by atoms with Crippen molar-refractivity contribution in [3.05, 3.63) is 78.4 Å². The minimum atomic E-state index is 0.409. The maximum absolute atomic E-state index is 5.91. The van der Waals surface area contributed by atoms with Gasteiger partial charge in [0.15, 0.2) is 0 Å². The molecule has 1 aliphatic rings. The maximum Gasteiger partial charge on any atom is 0.139 e. The molecule has 0 saturated carbocycles. The Bertz CT molecular complexity index is 1340. The Kier molecular flexibility index (Phi) is 6.86. The molecule has 5 N–H and O–H groups in total. The molecule has 0 spiro atoms. The summed E-state index contributed by atoms with van der Waals surface area (Å²) in [5.74, 6) is 7.36. The van der Waals surface area contributed by atoms with E-state index in [2.05, 4.69) is 66.4 Å². The van der Waals surface area contributed by atoms with Gasteiger partial charge in [0.2, 0.25) is 0 Å². The van der Waals surface area contributed by atoms with Crippen LogP contribution in [0.4, 0.5) is 17.3 Å². The lowest BCUT2D eigenvalue weighted by Crippen LogP contribution is -2.37. The van der Waals surface area contributed by atoms with Crippen molar-refractivity contribution in [2.45, 2.75) is 23.8 Å². The molecule has 34 heavy (non-hydrogen) atoms. The summed E-state index contributed by atoms with van der Waals surface area (Å²) in [7, 11) is 0. The zero-order valence-electron chi connectivity index (χ0n) is 18.6. The van der Waals surface area contributed by atoms with Crippen LogP contribution in [0.3, 0.4) is 0 Å². The Labute approximate surface area is 203 Å². The Morgan fingerprint density at radius 1 is 0.971 bits per heavy atom. The summed E-state index contributed by atoms with van der Waals surface area (Å²) in [5, 5.41) is 8.67. The molecule has 0 atom stereocenters. The highest BCUT2D eigenvalue weighted by Gasteiger charge is 2.12. The van der Waals surface area contributed by atoms with E-state index >= 15 is 0 Å². The van der Waals surface area contributed by atoms with E-state index in [1.165, 1.54) is 4.90 Å². The molecule has 7 nitrogen and oxygen atoms in total. The van der Waals surface area contributed by atoms with Crippen LogP contribution in [0.15, 0.2) is 72.0 Å². The molecule has 1 saturated heterocycles. The molecular formula is C26H25N7S. The van der Waals surface area contributed by atoms with E-state index < -0.39 is 0 Å². The highest BCUT2D eigenvalue weighted by Crippen LogP contribution is 2.24. The Morgan fingerprint density at radius 3 is 2.65 bits per heavy atom. The molecular weight excluding hydrogens is 442 g/mol. The van der Waals surface area contributed by atoms with Gasteiger partial charge in [0.25, 0.3) is 0 Å². The van der Waals surface area contributed by atoms with E-state index in [1.54, 1.807) is 24.3 Å². The quantitative estimate of drug-likeness (QED) is 0.257. The number of nitrogens with two attached hydrogens (primary N) is 1. The van der Waals surface area contributed by atoms with E-state index in [-0.39, 0.29) is 0 Å². The third-order valence-electron chi connectivity index (χ3n) is 5.61. The van der Waals surface area contributed by atoms with Gasteiger partial charge in [0, 0.05) is 46.0 Å². The first kappa shape index (κ1) is 22.2. The Balaban J connectivity index is 1.30. The molecule has 3 aromatic heterocycles. The van der Waals surface area contributed by atoms with Crippen molar-refractivity contribution >= 4 is 40.0 Å². The second kappa shape index (κ2) is 10.5. The molecule has 1 aliphatic heterocycles. The number of nitrogens with one attached hydrogen (secondary N) is 3. The summed E-state index contributed by atoms with van der Waals surface area (Å²) in [6.07, 6.45) is 7.54. The minimum Gasteiger partial charge on any atom is -0.383 e. The molecule has 4 heterocycles. The number of hydrogen-bond donors (Lipinski definition) is 4. The summed E-state index contributed by atoms with van der Waals surface area (Å²) in [4.78, 5) is 14.3. The van der Waals surface area contributed by atoms with Crippen molar-refractivity contribution in [1.29, 1.82) is 0 Å². The monoisotopic (exact) mass is 467 g/mol. The van der Waals surface area contributed by atoms with Gasteiger partial charge in [-0.25, -0.2) is 15.0 Å². The number of nitrogen functional groups attached to an aromatic ring is 1. The zero-order chi connectivity index (χ0) is 23.2. The number of nitrogens with zero attached hydrogens (tertiary/aromatic N) is 3. The van der Waals surface area contributed by atoms with Crippen LogP contribution in [-0.2, 0) is 0 Å². The van der Waals surface area contributed by atoms with Crippen LogP contribution in [0.25, 0.3) is 10.8 Å². The van der Waals surface area contributed by atoms with Crippen molar-refractivity contribution in [3.8, 4) is 11.8 Å². The lowest BCUT2D eigenvalue weighted by atomic mass is 10.1. The first-order valence-corrected chi connectivity index (χ1v) is 12.0. The van der Waals surface area contributed by atoms with Crippen molar-refractivity contribution < 1.29 is 0 Å². The molecule has 0 bridgehead atoms. The van der Waals surface area contributed by atoms with E-state index in [9.17, 15) is 0 Å². The molecule has 4 aromatic rings. The lowest BCUT2D eigenvalue weighted by molar-refractivity contribution is 0.439. The maximum atomic E-state index is 5.91. The number of pyridine rings is 3. The highest BCUT2D eigenvalue weighted by molar-refractivity contribution is 7.97. The van der Waals surface area contributed by atoms with Gasteiger partial charge in [0.1, 0.15) is 17.3 Å². The smallest absolute Gasteiger partial charge is 0.139 e. The Morgan fingerprint density at radius 2 is 1.82 bits per heavy atom. The predicted octanol–water partition coefficient (Wildman–Crippen LogP) is 4.10. The summed E-state index contributed by atoms with van der Waals surface area (Å²) in [5.41, 5.74) is 8.23. The van der Waals surface area contributed by atoms with Gasteiger partial charge in [-0.3, -0.25) is 4.72 Å². The Hall–Kier alpha value is -3.64. The number of anilines is 3. The van der Waals surface area contributed by atoms with Gasteiger partial charge >= 0.3 is 0 Å². The normalized spacial score (nSPS) is 13.9. The first-order chi connectivity index (χ1) is 16.7. The first-order valence-electron chi connectivity index (χ1n) is 11.2. The van der Waals surface area contributed by atoms with E-state index in [1.807, 2.05) is 30.5 Å². The van der Waals surface area contributed by atoms with Gasteiger partial charge in [-0.1, -0.05) is 5.92 Å². The number of benzene rings is 1. The summed E-state index contributed by atoms with van der Waals surface area (Å²) < 4.78 is 3.57. The summed E-state index contributed by atoms with van der Waals surface area (Å²) in [6.45, 7) is 2.17. The second-order valence-electron chi connectivity index (χ2n) is 8.03. The SMILES string of the molecule is Nc1ncccc1C#Cc1nccc2cnc(Nc3ccc(SNC4CCNCC4)cc3)cc12. The fourth-order valence-electron chi connectivity index (χ4n) is 3.73. The lowest BCUT2D eigenvalue weighted by Gasteiger charge is -2.23. The topological polar surface area (TPSA) is 101 Å². The average molecular weight is 468 g/mol. The minimum absolute atomic E-state index is 0.409. The van der Waals surface area contributed by atoms with Crippen LogP contribution in [0.1, 0.15) is 24.1 Å². The third-order valence-corrected chi connectivity index (χ3v) is 6.57. The number of rotatable bonds is 5. The van der Waals surface area contributed by atoms with Gasteiger partial charge in [-0.2, -0.15) is 0 Å². The van der Waals surface area contributed by atoms with Crippen LogP contribution >= 0.6 is 11.9 Å². The summed E-state index contributed by atoms with van der Waals surface area (Å²) >= 11 is 1.69. The van der Waals surface area contributed by atoms with E-state index in [0.717, 1.165) is 48.2 Å². The molecule has 0 radical (unpaired) electrons. The molecule has 5 rings (SSSR count). The second-order valence-corrected chi connectivity index (χ2v) is 8.94. The largest absolute Gasteiger partial charge is 0.383 e. The van der Waals surface area contributed by atoms with Crippen molar-refractivity contribution in [1.82, 2.24) is 25.0 Å². The van der Waals surface area contributed by atoms with Gasteiger partial charge in [-0.15, -0.1) is 0 Å². The third kappa shape index (κ3) is 5.46. The predicted molar refractivity (Wildman–Crippen MR) is 139 cm³/mol. The van der Waals surface area contributed by atoms with Crippen LogP contribution in [-0.4, -0.2) is 34.1 Å². The molecule has 0 amide bonds. The van der Waals surface area contributed by atoms with Gasteiger partial charge in [-0.05, 0) is 92.3 Å². The van der Waals surface area contributed by atoms with Crippen molar-refractivity contribution in [2.24, 2.45) is 0 Å². The molecule has 170 valence electrons. The van der Waals surface area contributed by atoms with E-state index in [4.69, 9.17) is 5.73 Å². The highest BCUT2D eigenvalue weighted by atomic mass is 32.2. The number of piperidine rings is 1. The number of aromatic nitrogens is 3. The molecule has 1 aromatic carbocycles. The van der Waals surface area contributed by atoms with Crippen LogP contribution in [0.2, 0.25) is 0 Å². The van der Waals surface area contributed by atoms with Crippen LogP contribution in [0.5, 0.6) is 0 Å². The molecule has 1 fully saturated rings. The van der Waals surface area contributed by atoms with Gasteiger partial charge in [0.05, 0.1) is 5.56 Å². The summed E-state index contributed by atoms with van der Waals surface area (Å²) in [6, 6.07) is 16.5. The fourth-order valence-corrected chi connectivity index (χ4v) is 4.54. The number of fused-ring (bicyclic) bond motifs is 1. The standard InChI is InChI=1S/C26H25N7S/c27-26-18(2-1-12-30-26)3-8-24-23-16-25(31-17-19(23)9-15-29-24)32-20-4-6-22(7-5-20)34-33-21-10-13-28-14-11-21/h1-2,4-7,9,12,15-17,21,28,33H,10-11,13-14H2,(H2,27,30)(H,31,32). The average Bonchev–Trinajstić information content (AvgIpc) is 2.88. The van der Waals surface area contributed by atoms with Gasteiger partial charge < -0.3 is 16.4 Å². The van der Waals surface area contributed by atoms with Crippen LogP contribution in [0, 0.1) is 11.8 Å². The van der Waals surface area contributed by atoms with E-state index in [0.29, 0.717) is 23.1 Å². The zero-order valence-corrected chi connectivity index (χ0v) is 19.4. The molecule has 0 aliphatic carbocycles. The van der Waals surface area contributed by atoms with Crippen molar-refractivity contribution in [2.75, 3.05) is 24.1 Å². The number of hydrogen-bond acceptors (Lipinski definition) is 8. The molecule has 8 heteroatoms. The fraction of sp³-hybridized carbons (Fsp3) is 0.192. The van der Waals surface area contributed by atoms with Crippen molar-refractivity contribution in [3.63, 3.8) is 0 Å². The van der Waals surface area contributed by atoms with Crippen LogP contribution < -0.4 is 21.1 Å².